The molecule has 0 amide bonds. The SMILES string of the molecule is CCOC(=O)C1=C(C(F)(F)C(F)(F)C(F)(F)C(F)(F)F)NC(=S)NC1c1ccccc1. The van der Waals surface area contributed by atoms with Crippen LogP contribution in [-0.2, 0) is 9.53 Å². The fraction of sp³-hybridized carbons (Fsp3) is 0.412. The van der Waals surface area contributed by atoms with Gasteiger partial charge in [-0.05, 0) is 24.7 Å². The molecule has 2 rings (SSSR count). The Morgan fingerprint density at radius 3 is 2.03 bits per heavy atom. The zero-order chi connectivity index (χ0) is 23.8. The molecule has 14 heteroatoms. The summed E-state index contributed by atoms with van der Waals surface area (Å²) in [5.74, 6) is -22.0. The van der Waals surface area contributed by atoms with E-state index in [-0.39, 0.29) is 5.56 Å². The molecule has 1 aliphatic rings. The van der Waals surface area contributed by atoms with E-state index in [4.69, 9.17) is 0 Å². The monoisotopic (exact) mass is 480 g/mol. The fourth-order valence-corrected chi connectivity index (χ4v) is 2.89. The largest absolute Gasteiger partial charge is 0.463 e. The Hall–Kier alpha value is -2.51. The van der Waals surface area contributed by atoms with Crippen molar-refractivity contribution in [2.75, 3.05) is 6.61 Å². The number of thiocarbonyl (C=S) groups is 1. The molecule has 0 spiro atoms. The van der Waals surface area contributed by atoms with Crippen LogP contribution in [0.4, 0.5) is 39.5 Å². The van der Waals surface area contributed by atoms with Crippen LogP contribution < -0.4 is 10.6 Å². The Labute approximate surface area is 174 Å². The lowest BCUT2D eigenvalue weighted by Crippen LogP contribution is -2.64. The molecule has 172 valence electrons. The molecule has 4 nitrogen and oxygen atoms in total. The van der Waals surface area contributed by atoms with Gasteiger partial charge in [0.25, 0.3) is 0 Å². The van der Waals surface area contributed by atoms with Crippen molar-refractivity contribution < 1.29 is 49.0 Å². The van der Waals surface area contributed by atoms with Crippen LogP contribution in [0, 0.1) is 0 Å². The average Bonchev–Trinajstić information content (AvgIpc) is 2.66. The number of nitrogens with one attached hydrogen (secondary N) is 2. The number of allylic oxidation sites excluding steroid dienone is 1. The summed E-state index contributed by atoms with van der Waals surface area (Å²) in [5.41, 5.74) is -3.56. The van der Waals surface area contributed by atoms with Crippen LogP contribution in [0.5, 0.6) is 0 Å². The highest BCUT2D eigenvalue weighted by Crippen LogP contribution is 2.55. The van der Waals surface area contributed by atoms with Crippen molar-refractivity contribution in [3.63, 3.8) is 0 Å². The first-order valence-electron chi connectivity index (χ1n) is 8.34. The Kier molecular flexibility index (Phi) is 6.55. The number of hydrogen-bond acceptors (Lipinski definition) is 3. The first-order chi connectivity index (χ1) is 14.1. The van der Waals surface area contributed by atoms with Crippen LogP contribution in [0.25, 0.3) is 0 Å². The summed E-state index contributed by atoms with van der Waals surface area (Å²) in [7, 11) is 0. The van der Waals surface area contributed by atoms with E-state index in [1.54, 1.807) is 0 Å². The van der Waals surface area contributed by atoms with Crippen LogP contribution in [0.3, 0.4) is 0 Å². The first kappa shape index (κ1) is 24.8. The van der Waals surface area contributed by atoms with Crippen LogP contribution in [0.2, 0.25) is 0 Å². The molecule has 1 atom stereocenters. The van der Waals surface area contributed by atoms with E-state index < -0.39 is 58.9 Å². The molecule has 0 aliphatic carbocycles. The minimum absolute atomic E-state index is 0.00593. The van der Waals surface area contributed by atoms with Crippen molar-refractivity contribution >= 4 is 23.3 Å². The average molecular weight is 480 g/mol. The second kappa shape index (κ2) is 8.20. The summed E-state index contributed by atoms with van der Waals surface area (Å²) in [5, 5.41) is 2.95. The highest BCUT2D eigenvalue weighted by atomic mass is 32.1. The molecular weight excluding hydrogens is 467 g/mol. The van der Waals surface area contributed by atoms with E-state index in [2.05, 4.69) is 22.3 Å². The quantitative estimate of drug-likeness (QED) is 0.357. The summed E-state index contributed by atoms with van der Waals surface area (Å²) >= 11 is 4.63. The maximum atomic E-state index is 14.7. The molecule has 0 radical (unpaired) electrons. The van der Waals surface area contributed by atoms with Crippen molar-refractivity contribution in [1.82, 2.24) is 10.6 Å². The lowest BCUT2D eigenvalue weighted by atomic mass is 9.90. The van der Waals surface area contributed by atoms with Crippen molar-refractivity contribution in [3.05, 3.63) is 47.2 Å². The Morgan fingerprint density at radius 2 is 1.55 bits per heavy atom. The summed E-state index contributed by atoms with van der Waals surface area (Å²) in [6.07, 6.45) is -7.02. The zero-order valence-corrected chi connectivity index (χ0v) is 16.1. The van der Waals surface area contributed by atoms with E-state index in [1.165, 1.54) is 42.6 Å². The van der Waals surface area contributed by atoms with Crippen LogP contribution in [0.15, 0.2) is 41.6 Å². The topological polar surface area (TPSA) is 50.4 Å². The fourth-order valence-electron chi connectivity index (χ4n) is 2.67. The summed E-state index contributed by atoms with van der Waals surface area (Å²) < 4.78 is 126. The minimum Gasteiger partial charge on any atom is -0.463 e. The second-order valence-corrected chi connectivity index (χ2v) is 6.58. The molecule has 1 aromatic carbocycles. The highest BCUT2D eigenvalue weighted by molar-refractivity contribution is 7.80. The molecule has 1 aromatic rings. The molecule has 0 saturated carbocycles. The van der Waals surface area contributed by atoms with Gasteiger partial charge in [0.15, 0.2) is 5.11 Å². The van der Waals surface area contributed by atoms with Gasteiger partial charge in [-0.15, -0.1) is 0 Å². The number of halogens is 9. The lowest BCUT2D eigenvalue weighted by molar-refractivity contribution is -0.390. The Bertz CT molecular complexity index is 885. The van der Waals surface area contributed by atoms with E-state index in [0.717, 1.165) is 0 Å². The number of esters is 1. The molecule has 0 saturated heterocycles. The second-order valence-electron chi connectivity index (χ2n) is 6.17. The van der Waals surface area contributed by atoms with Gasteiger partial charge in [-0.2, -0.15) is 39.5 Å². The predicted octanol–water partition coefficient (Wildman–Crippen LogP) is 4.49. The molecule has 1 aliphatic heterocycles. The van der Waals surface area contributed by atoms with Gasteiger partial charge in [0.2, 0.25) is 0 Å². The molecule has 0 fully saturated rings. The summed E-state index contributed by atoms with van der Waals surface area (Å²) in [6, 6.07) is 5.02. The maximum Gasteiger partial charge on any atom is 0.460 e. The number of hydrogen-bond donors (Lipinski definition) is 2. The van der Waals surface area contributed by atoms with Gasteiger partial charge in [0.1, 0.15) is 5.70 Å². The van der Waals surface area contributed by atoms with Crippen LogP contribution in [-0.4, -0.2) is 41.6 Å². The number of carbonyl (C=O) groups excluding carboxylic acids is 1. The Balaban J connectivity index is 2.79. The van der Waals surface area contributed by atoms with Gasteiger partial charge in [0.05, 0.1) is 18.2 Å². The molecule has 0 aromatic heterocycles. The Morgan fingerprint density at radius 1 is 1.00 bits per heavy atom. The number of rotatable bonds is 6. The molecule has 0 bridgehead atoms. The van der Waals surface area contributed by atoms with Gasteiger partial charge in [-0.3, -0.25) is 0 Å². The highest BCUT2D eigenvalue weighted by Gasteiger charge is 2.83. The molecule has 31 heavy (non-hydrogen) atoms. The number of carbonyl (C=O) groups is 1. The van der Waals surface area contributed by atoms with E-state index in [0.29, 0.717) is 0 Å². The smallest absolute Gasteiger partial charge is 0.460 e. The zero-order valence-electron chi connectivity index (χ0n) is 15.3. The van der Waals surface area contributed by atoms with Crippen molar-refractivity contribution in [2.45, 2.75) is 36.9 Å². The molecule has 1 unspecified atom stereocenters. The normalized spacial score (nSPS) is 18.4. The molecule has 2 N–H and O–H groups in total. The third-order valence-electron chi connectivity index (χ3n) is 4.16. The summed E-state index contributed by atoms with van der Waals surface area (Å²) in [4.78, 5) is 12.3. The van der Waals surface area contributed by atoms with Gasteiger partial charge < -0.3 is 15.4 Å². The van der Waals surface area contributed by atoms with Gasteiger partial charge in [-0.1, -0.05) is 30.3 Å². The maximum absolute atomic E-state index is 14.7. The number of benzene rings is 1. The van der Waals surface area contributed by atoms with Gasteiger partial charge in [-0.25, -0.2) is 4.79 Å². The van der Waals surface area contributed by atoms with Crippen LogP contribution >= 0.6 is 12.2 Å². The standard InChI is InChI=1S/C17H13F9N2O2S/c1-2-30-12(29)9-10(8-6-4-3-5-7-8)27-13(31)28-11(9)14(18,19)15(20,21)16(22,23)17(24,25)26/h3-7,10H,2H2,1H3,(H2,27,28,31). The molecular formula is C17H13F9N2O2S. The van der Waals surface area contributed by atoms with Crippen molar-refractivity contribution in [1.29, 1.82) is 0 Å². The van der Waals surface area contributed by atoms with Crippen molar-refractivity contribution in [3.8, 4) is 0 Å². The predicted molar refractivity (Wildman–Crippen MR) is 92.6 cm³/mol. The van der Waals surface area contributed by atoms with Gasteiger partial charge in [0, 0.05) is 0 Å². The molecule has 1 heterocycles. The first-order valence-corrected chi connectivity index (χ1v) is 8.74. The number of alkyl halides is 9. The van der Waals surface area contributed by atoms with Crippen molar-refractivity contribution in [2.24, 2.45) is 0 Å². The van der Waals surface area contributed by atoms with Gasteiger partial charge >= 0.3 is 29.9 Å². The third kappa shape index (κ3) is 4.16. The van der Waals surface area contributed by atoms with E-state index in [9.17, 15) is 44.3 Å². The van der Waals surface area contributed by atoms with E-state index in [1.807, 2.05) is 0 Å². The lowest BCUT2D eigenvalue weighted by Gasteiger charge is -2.39. The van der Waals surface area contributed by atoms with E-state index >= 15 is 0 Å². The summed E-state index contributed by atoms with van der Waals surface area (Å²) in [6.45, 7) is 0.788. The minimum atomic E-state index is -7.15. The number of ether oxygens (including phenoxy) is 1. The van der Waals surface area contributed by atoms with Crippen LogP contribution in [0.1, 0.15) is 18.5 Å². The third-order valence-corrected chi connectivity index (χ3v) is 4.38.